The van der Waals surface area contributed by atoms with Crippen molar-refractivity contribution in [1.29, 1.82) is 0 Å². The van der Waals surface area contributed by atoms with Crippen LogP contribution in [0.15, 0.2) is 36.4 Å². The van der Waals surface area contributed by atoms with Crippen LogP contribution in [-0.4, -0.2) is 24.7 Å². The number of aromatic amines is 1. The van der Waals surface area contributed by atoms with Gasteiger partial charge in [-0.15, -0.1) is 0 Å². The Labute approximate surface area is 119 Å². The number of halogens is 2. The summed E-state index contributed by atoms with van der Waals surface area (Å²) in [5.74, 6) is -0.335. The highest BCUT2D eigenvalue weighted by molar-refractivity contribution is 5.87. The molecule has 7 heteroatoms. The number of hydrogen-bond acceptors (Lipinski definition) is 4. The van der Waals surface area contributed by atoms with Crippen LogP contribution < -0.4 is 10.1 Å². The third kappa shape index (κ3) is 4.20. The van der Waals surface area contributed by atoms with Gasteiger partial charge in [0, 0.05) is 11.4 Å². The Balaban J connectivity index is 1.90. The van der Waals surface area contributed by atoms with Crippen molar-refractivity contribution in [3.8, 4) is 5.75 Å². The van der Waals surface area contributed by atoms with E-state index in [0.29, 0.717) is 12.2 Å². The summed E-state index contributed by atoms with van der Waals surface area (Å²) in [5.41, 5.74) is 1.91. The molecule has 1 aromatic heterocycles. The van der Waals surface area contributed by atoms with Crippen molar-refractivity contribution in [2.45, 2.75) is 13.2 Å². The summed E-state index contributed by atoms with van der Waals surface area (Å²) in [6.45, 7) is -2.38. The third-order valence-electron chi connectivity index (χ3n) is 2.71. The summed E-state index contributed by atoms with van der Waals surface area (Å²) in [7, 11) is 1.31. The van der Waals surface area contributed by atoms with Crippen molar-refractivity contribution in [3.63, 3.8) is 0 Å². The van der Waals surface area contributed by atoms with E-state index in [4.69, 9.17) is 0 Å². The Hall–Kier alpha value is -2.57. The lowest BCUT2D eigenvalue weighted by atomic mass is 10.3. The average Bonchev–Trinajstić information content (AvgIpc) is 2.94. The molecule has 0 fully saturated rings. The summed E-state index contributed by atoms with van der Waals surface area (Å²) < 4.78 is 32.9. The van der Waals surface area contributed by atoms with Crippen LogP contribution in [0.5, 0.6) is 5.75 Å². The fourth-order valence-corrected chi connectivity index (χ4v) is 1.72. The number of anilines is 1. The molecule has 112 valence electrons. The number of hydrogen-bond donors (Lipinski definition) is 2. The summed E-state index contributed by atoms with van der Waals surface area (Å²) >= 11 is 0. The molecule has 0 unspecified atom stereocenters. The lowest BCUT2D eigenvalue weighted by molar-refractivity contribution is -0.0498. The van der Waals surface area contributed by atoms with E-state index in [-0.39, 0.29) is 5.75 Å². The lowest BCUT2D eigenvalue weighted by Gasteiger charge is -2.07. The van der Waals surface area contributed by atoms with Crippen molar-refractivity contribution in [2.24, 2.45) is 0 Å². The molecule has 0 spiro atoms. The molecule has 0 bridgehead atoms. The van der Waals surface area contributed by atoms with E-state index in [9.17, 15) is 13.6 Å². The highest BCUT2D eigenvalue weighted by Crippen LogP contribution is 2.18. The fourth-order valence-electron chi connectivity index (χ4n) is 1.72. The normalized spacial score (nSPS) is 10.5. The molecule has 0 aliphatic rings. The van der Waals surface area contributed by atoms with Crippen LogP contribution in [-0.2, 0) is 11.3 Å². The number of methoxy groups -OCH3 is 1. The van der Waals surface area contributed by atoms with Gasteiger partial charge in [-0.05, 0) is 36.4 Å². The fraction of sp³-hybridized carbons (Fsp3) is 0.214. The predicted octanol–water partition coefficient (Wildman–Crippen LogP) is 3.01. The van der Waals surface area contributed by atoms with Gasteiger partial charge in [-0.25, -0.2) is 4.79 Å². The molecule has 21 heavy (non-hydrogen) atoms. The maximum Gasteiger partial charge on any atom is 0.387 e. The molecule has 0 saturated heterocycles. The minimum absolute atomic E-state index is 0.100. The van der Waals surface area contributed by atoms with Gasteiger partial charge in [-0.2, -0.15) is 8.78 Å². The molecule has 0 aliphatic carbocycles. The molecule has 0 radical (unpaired) electrons. The number of carbonyl (C=O) groups is 1. The zero-order chi connectivity index (χ0) is 15.2. The lowest BCUT2D eigenvalue weighted by Crippen LogP contribution is -2.04. The van der Waals surface area contributed by atoms with Crippen molar-refractivity contribution in [1.82, 2.24) is 4.98 Å². The molecular weight excluding hydrogens is 282 g/mol. The molecular formula is C14H14F2N2O3. The number of benzene rings is 1. The van der Waals surface area contributed by atoms with E-state index < -0.39 is 12.6 Å². The maximum atomic E-state index is 12.0. The molecule has 2 N–H and O–H groups in total. The highest BCUT2D eigenvalue weighted by Gasteiger charge is 2.08. The van der Waals surface area contributed by atoms with Crippen LogP contribution in [0.1, 0.15) is 16.2 Å². The Bertz CT molecular complexity index is 597. The number of esters is 1. The second-order valence-electron chi connectivity index (χ2n) is 4.15. The molecule has 1 aromatic carbocycles. The second-order valence-corrected chi connectivity index (χ2v) is 4.15. The first kappa shape index (κ1) is 14.8. The molecule has 0 atom stereocenters. The van der Waals surface area contributed by atoms with E-state index in [1.54, 1.807) is 24.3 Å². The minimum atomic E-state index is -2.83. The summed E-state index contributed by atoms with van der Waals surface area (Å²) in [6.07, 6.45) is 0. The van der Waals surface area contributed by atoms with Gasteiger partial charge < -0.3 is 19.8 Å². The maximum absolute atomic E-state index is 12.0. The summed E-state index contributed by atoms with van der Waals surface area (Å²) in [6, 6.07) is 9.53. The Morgan fingerprint density at radius 3 is 2.57 bits per heavy atom. The van der Waals surface area contributed by atoms with Crippen LogP contribution >= 0.6 is 0 Å². The summed E-state index contributed by atoms with van der Waals surface area (Å²) in [5, 5.41) is 3.09. The van der Waals surface area contributed by atoms with Crippen LogP contribution in [0.3, 0.4) is 0 Å². The monoisotopic (exact) mass is 296 g/mol. The second kappa shape index (κ2) is 6.74. The molecule has 2 aromatic rings. The SMILES string of the molecule is COC(=O)c1ccc(CNc2ccc(OC(F)F)cc2)[nH]1. The van der Waals surface area contributed by atoms with Gasteiger partial charge >= 0.3 is 12.6 Å². The van der Waals surface area contributed by atoms with Gasteiger partial charge in [-0.1, -0.05) is 0 Å². The van der Waals surface area contributed by atoms with Gasteiger partial charge in [0.1, 0.15) is 11.4 Å². The first-order valence-electron chi connectivity index (χ1n) is 6.13. The van der Waals surface area contributed by atoms with E-state index in [0.717, 1.165) is 11.4 Å². The van der Waals surface area contributed by atoms with E-state index in [2.05, 4.69) is 19.8 Å². The zero-order valence-corrected chi connectivity index (χ0v) is 11.2. The average molecular weight is 296 g/mol. The first-order valence-corrected chi connectivity index (χ1v) is 6.13. The third-order valence-corrected chi connectivity index (χ3v) is 2.71. The van der Waals surface area contributed by atoms with Crippen LogP contribution in [0.4, 0.5) is 14.5 Å². The smallest absolute Gasteiger partial charge is 0.387 e. The van der Waals surface area contributed by atoms with E-state index in [1.807, 2.05) is 0 Å². The number of aromatic nitrogens is 1. The minimum Gasteiger partial charge on any atom is -0.464 e. The molecule has 1 heterocycles. The van der Waals surface area contributed by atoms with E-state index >= 15 is 0 Å². The number of ether oxygens (including phenoxy) is 2. The van der Waals surface area contributed by atoms with Crippen molar-refractivity contribution in [2.75, 3.05) is 12.4 Å². The van der Waals surface area contributed by atoms with Gasteiger partial charge in [0.2, 0.25) is 0 Å². The zero-order valence-electron chi connectivity index (χ0n) is 11.2. The van der Waals surface area contributed by atoms with Crippen molar-refractivity contribution >= 4 is 11.7 Å². The Morgan fingerprint density at radius 1 is 1.24 bits per heavy atom. The topological polar surface area (TPSA) is 63.4 Å². The van der Waals surface area contributed by atoms with Gasteiger partial charge in [0.15, 0.2) is 0 Å². The molecule has 5 nitrogen and oxygen atoms in total. The number of nitrogens with one attached hydrogen (secondary N) is 2. The largest absolute Gasteiger partial charge is 0.464 e. The first-order chi connectivity index (χ1) is 10.1. The van der Waals surface area contributed by atoms with Gasteiger partial charge in [0.05, 0.1) is 13.7 Å². The van der Waals surface area contributed by atoms with Gasteiger partial charge in [-0.3, -0.25) is 0 Å². The van der Waals surface area contributed by atoms with E-state index in [1.165, 1.54) is 19.2 Å². The number of alkyl halides is 2. The Kier molecular flexibility index (Phi) is 4.76. The molecule has 0 amide bonds. The van der Waals surface area contributed by atoms with Gasteiger partial charge in [0.25, 0.3) is 0 Å². The molecule has 0 saturated carbocycles. The molecule has 2 rings (SSSR count). The Morgan fingerprint density at radius 2 is 1.95 bits per heavy atom. The number of carbonyl (C=O) groups excluding carboxylic acids is 1. The highest BCUT2D eigenvalue weighted by atomic mass is 19.3. The quantitative estimate of drug-likeness (QED) is 0.804. The predicted molar refractivity (Wildman–Crippen MR) is 72.5 cm³/mol. The standard InChI is InChI=1S/C14H14F2N2O3/c1-20-13(19)12-7-4-10(18-12)8-17-9-2-5-11(6-3-9)21-14(15)16/h2-7,14,17-18H,8H2,1H3. The molecule has 0 aliphatic heterocycles. The van der Waals surface area contributed by atoms with Crippen LogP contribution in [0, 0.1) is 0 Å². The number of rotatable bonds is 6. The van der Waals surface area contributed by atoms with Crippen molar-refractivity contribution < 1.29 is 23.0 Å². The van der Waals surface area contributed by atoms with Crippen molar-refractivity contribution in [3.05, 3.63) is 47.8 Å². The summed E-state index contributed by atoms with van der Waals surface area (Å²) in [4.78, 5) is 14.2. The number of H-pyrrole nitrogens is 1. The van der Waals surface area contributed by atoms with Crippen LogP contribution in [0.2, 0.25) is 0 Å². The van der Waals surface area contributed by atoms with Crippen LogP contribution in [0.25, 0.3) is 0 Å².